The molecule has 0 saturated carbocycles. The van der Waals surface area contributed by atoms with Gasteiger partial charge in [-0.3, -0.25) is 19.3 Å². The van der Waals surface area contributed by atoms with Crippen LogP contribution in [-0.2, 0) is 23.9 Å². The molecule has 0 aromatic heterocycles. The van der Waals surface area contributed by atoms with E-state index in [2.05, 4.69) is 37.9 Å². The number of amides is 3. The minimum atomic E-state index is -0.620. The number of unbranched alkanes of at least 4 members (excludes halogenated alkanes) is 28. The van der Waals surface area contributed by atoms with E-state index in [1.54, 1.807) is 0 Å². The maximum Gasteiger partial charge on any atom is 0.324 e. The van der Waals surface area contributed by atoms with Crippen LogP contribution >= 0.6 is 0 Å². The van der Waals surface area contributed by atoms with Crippen molar-refractivity contribution in [3.8, 4) is 0 Å². The molecule has 0 unspecified atom stereocenters. The fraction of sp³-hybridized carbons (Fsp3) is 0.931. The minimum absolute atomic E-state index is 0.107. The van der Waals surface area contributed by atoms with Gasteiger partial charge < -0.3 is 19.7 Å². The molecule has 9 nitrogen and oxygen atoms in total. The Labute approximate surface area is 415 Å². The number of rotatable bonds is 50. The summed E-state index contributed by atoms with van der Waals surface area (Å²) in [5.41, 5.74) is 0. The van der Waals surface area contributed by atoms with E-state index in [0.717, 1.165) is 90.0 Å². The van der Waals surface area contributed by atoms with Crippen LogP contribution < -0.4 is 5.32 Å². The summed E-state index contributed by atoms with van der Waals surface area (Å²) < 4.78 is 12.1. The van der Waals surface area contributed by atoms with Gasteiger partial charge in [0.1, 0.15) is 0 Å². The smallest absolute Gasteiger partial charge is 0.324 e. The third kappa shape index (κ3) is 39.3. The van der Waals surface area contributed by atoms with Crippen molar-refractivity contribution >= 4 is 23.9 Å². The Hall–Kier alpha value is -2.16. The normalized spacial score (nSPS) is 11.6. The summed E-state index contributed by atoms with van der Waals surface area (Å²) in [5.74, 6) is -1.49. The molecule has 0 aliphatic rings. The zero-order valence-electron chi connectivity index (χ0n) is 45.7. The van der Waals surface area contributed by atoms with Gasteiger partial charge in [-0.1, -0.05) is 233 Å². The second-order valence-corrected chi connectivity index (χ2v) is 20.5. The number of nitrogens with one attached hydrogen (secondary N) is 1. The summed E-state index contributed by atoms with van der Waals surface area (Å²) in [6.07, 6.45) is 44.1. The van der Waals surface area contributed by atoms with Gasteiger partial charge in [0.25, 0.3) is 0 Å². The number of hydrogen-bond donors (Lipinski definition) is 1. The maximum atomic E-state index is 14.2. The summed E-state index contributed by atoms with van der Waals surface area (Å²) in [7, 11) is 4.00. The molecule has 1 N–H and O–H groups in total. The lowest BCUT2D eigenvalue weighted by atomic mass is 9.94. The molecule has 0 aromatic rings. The van der Waals surface area contributed by atoms with Crippen LogP contribution in [0, 0.1) is 17.8 Å². The van der Waals surface area contributed by atoms with Gasteiger partial charge in [-0.05, 0) is 72.5 Å². The lowest BCUT2D eigenvalue weighted by Gasteiger charge is -2.26. The van der Waals surface area contributed by atoms with Crippen molar-refractivity contribution in [2.24, 2.45) is 17.8 Å². The molecular formula is C58H113N3O6. The van der Waals surface area contributed by atoms with Gasteiger partial charge in [0, 0.05) is 19.0 Å². The molecule has 67 heavy (non-hydrogen) atoms. The van der Waals surface area contributed by atoms with Crippen LogP contribution in [0.2, 0.25) is 0 Å². The zero-order valence-corrected chi connectivity index (χ0v) is 45.7. The molecule has 0 heterocycles. The summed E-state index contributed by atoms with van der Waals surface area (Å²) in [4.78, 5) is 58.4. The van der Waals surface area contributed by atoms with E-state index in [-0.39, 0.29) is 62.3 Å². The molecule has 0 spiro atoms. The predicted octanol–water partition coefficient (Wildman–Crippen LogP) is 16.3. The van der Waals surface area contributed by atoms with Crippen LogP contribution in [0.1, 0.15) is 285 Å². The second-order valence-electron chi connectivity index (χ2n) is 20.5. The van der Waals surface area contributed by atoms with Crippen LogP contribution in [-0.4, -0.2) is 80.6 Å². The third-order valence-corrected chi connectivity index (χ3v) is 13.9. The summed E-state index contributed by atoms with van der Waals surface area (Å²) in [6.45, 7) is 12.6. The average molecular weight is 949 g/mol. The van der Waals surface area contributed by atoms with Gasteiger partial charge in [-0.25, -0.2) is 4.79 Å². The van der Waals surface area contributed by atoms with E-state index in [4.69, 9.17) is 9.47 Å². The molecule has 0 radical (unpaired) electrons. The molecule has 0 aliphatic heterocycles. The first-order chi connectivity index (χ1) is 32.7. The van der Waals surface area contributed by atoms with Crippen LogP contribution in [0.25, 0.3) is 0 Å². The Balaban J connectivity index is 5.77. The summed E-state index contributed by atoms with van der Waals surface area (Å²) in [6, 6.07) is -0.406. The summed E-state index contributed by atoms with van der Waals surface area (Å²) >= 11 is 0. The summed E-state index contributed by atoms with van der Waals surface area (Å²) in [5, 5.41) is 2.94. The number of esters is 2. The van der Waals surface area contributed by atoms with Crippen LogP contribution in [0.4, 0.5) is 4.79 Å². The zero-order chi connectivity index (χ0) is 49.4. The van der Waals surface area contributed by atoms with Gasteiger partial charge in [0.15, 0.2) is 0 Å². The Kier molecular flexibility index (Phi) is 47.3. The highest BCUT2D eigenvalue weighted by Gasteiger charge is 2.30. The van der Waals surface area contributed by atoms with Crippen molar-refractivity contribution in [3.63, 3.8) is 0 Å². The standard InChI is InChI=1S/C58H113N3O6/c1-8-13-17-21-25-29-33-37-42-53(43-38-34-30-26-22-18-14-9-2)56(63)66-50-46-52(55(62)61(12-5)58(65)59-48-41-49-60(6)7)47-51-67-57(64)54(44-39-35-31-27-23-19-15-10-3)45-40-36-32-28-24-20-16-11-4/h52-54H,8-51H2,1-7H3,(H,59,65). The first-order valence-electron chi connectivity index (χ1n) is 29.2. The Morgan fingerprint density at radius 3 is 0.970 bits per heavy atom. The van der Waals surface area contributed by atoms with Gasteiger partial charge in [0.05, 0.1) is 25.0 Å². The van der Waals surface area contributed by atoms with E-state index in [9.17, 15) is 19.2 Å². The van der Waals surface area contributed by atoms with Crippen molar-refractivity contribution in [1.82, 2.24) is 15.1 Å². The molecule has 3 amide bonds. The third-order valence-electron chi connectivity index (χ3n) is 13.9. The number of nitrogens with zero attached hydrogens (tertiary/aromatic N) is 2. The van der Waals surface area contributed by atoms with Gasteiger partial charge in [-0.15, -0.1) is 0 Å². The second kappa shape index (κ2) is 48.8. The van der Waals surface area contributed by atoms with Crippen LogP contribution in [0.3, 0.4) is 0 Å². The topological polar surface area (TPSA) is 105 Å². The SMILES string of the molecule is CCCCCCCCCCC(CCCCCCCCCC)C(=O)OCCC(CCOC(=O)C(CCCCCCCCCC)CCCCCCCCCC)C(=O)N(CC)C(=O)NCCCN(C)C. The van der Waals surface area contributed by atoms with Crippen molar-refractivity contribution in [3.05, 3.63) is 0 Å². The molecule has 0 fully saturated rings. The highest BCUT2D eigenvalue weighted by molar-refractivity contribution is 5.95. The van der Waals surface area contributed by atoms with Gasteiger partial charge in [0.2, 0.25) is 5.91 Å². The van der Waals surface area contributed by atoms with Crippen molar-refractivity contribution in [2.45, 2.75) is 285 Å². The van der Waals surface area contributed by atoms with Crippen molar-refractivity contribution in [1.29, 1.82) is 0 Å². The molecule has 0 rings (SSSR count). The fourth-order valence-corrected chi connectivity index (χ4v) is 9.40. The molecule has 9 heteroatoms. The Morgan fingerprint density at radius 2 is 0.687 bits per heavy atom. The van der Waals surface area contributed by atoms with Crippen molar-refractivity contribution < 1.29 is 28.7 Å². The first kappa shape index (κ1) is 64.8. The molecule has 0 bridgehead atoms. The number of imide groups is 1. The Morgan fingerprint density at radius 1 is 0.388 bits per heavy atom. The van der Waals surface area contributed by atoms with E-state index in [0.29, 0.717) is 6.54 Å². The lowest BCUT2D eigenvalue weighted by molar-refractivity contribution is -0.151. The van der Waals surface area contributed by atoms with E-state index >= 15 is 0 Å². The first-order valence-corrected chi connectivity index (χ1v) is 29.2. The highest BCUT2D eigenvalue weighted by Crippen LogP contribution is 2.24. The largest absolute Gasteiger partial charge is 0.465 e. The molecule has 396 valence electrons. The van der Waals surface area contributed by atoms with E-state index in [1.807, 2.05) is 21.0 Å². The van der Waals surface area contributed by atoms with Gasteiger partial charge in [-0.2, -0.15) is 0 Å². The molecule has 0 aromatic carbocycles. The maximum absolute atomic E-state index is 14.2. The monoisotopic (exact) mass is 948 g/mol. The van der Waals surface area contributed by atoms with Gasteiger partial charge >= 0.3 is 18.0 Å². The number of carbonyl (C=O) groups is 4. The molecule has 0 aliphatic carbocycles. The number of urea groups is 1. The quantitative estimate of drug-likeness (QED) is 0.0478. The predicted molar refractivity (Wildman–Crippen MR) is 284 cm³/mol. The van der Waals surface area contributed by atoms with Crippen LogP contribution in [0.15, 0.2) is 0 Å². The lowest BCUT2D eigenvalue weighted by Crippen LogP contribution is -2.47. The molecular weight excluding hydrogens is 835 g/mol. The molecule has 0 saturated heterocycles. The Bertz CT molecular complexity index is 1030. The number of hydrogen-bond acceptors (Lipinski definition) is 7. The minimum Gasteiger partial charge on any atom is -0.465 e. The van der Waals surface area contributed by atoms with E-state index in [1.165, 1.54) is 159 Å². The number of ether oxygens (including phenoxy) is 2. The van der Waals surface area contributed by atoms with Crippen LogP contribution in [0.5, 0.6) is 0 Å². The number of carbonyl (C=O) groups excluding carboxylic acids is 4. The average Bonchev–Trinajstić information content (AvgIpc) is 3.31. The van der Waals surface area contributed by atoms with E-state index < -0.39 is 11.9 Å². The highest BCUT2D eigenvalue weighted by atomic mass is 16.5. The molecule has 0 atom stereocenters. The fourth-order valence-electron chi connectivity index (χ4n) is 9.40. The van der Waals surface area contributed by atoms with Crippen molar-refractivity contribution in [2.75, 3.05) is 46.9 Å².